The molecule has 2 N–H and O–H groups in total. The fraction of sp³-hybridized carbons (Fsp3) is 0.417. The molecule has 3 aromatic rings. The van der Waals surface area contributed by atoms with Gasteiger partial charge in [-0.05, 0) is 38.0 Å². The molecular weight excluding hydrogens is 466 g/mol. The highest BCUT2D eigenvalue weighted by Gasteiger charge is 2.47. The summed E-state index contributed by atoms with van der Waals surface area (Å²) in [6.45, 7) is 2.89. The van der Waals surface area contributed by atoms with Gasteiger partial charge in [0.15, 0.2) is 18.2 Å². The number of rotatable bonds is 5. The van der Waals surface area contributed by atoms with Gasteiger partial charge in [-0.15, -0.1) is 0 Å². The Labute approximate surface area is 205 Å². The van der Waals surface area contributed by atoms with Gasteiger partial charge in [-0.1, -0.05) is 0 Å². The molecule has 0 aromatic carbocycles. The molecule has 0 spiro atoms. The van der Waals surface area contributed by atoms with E-state index in [1.54, 1.807) is 16.7 Å². The number of hydrogen-bond acceptors (Lipinski definition) is 9. The van der Waals surface area contributed by atoms with Crippen LogP contribution in [0.2, 0.25) is 0 Å². The number of aromatic nitrogens is 4. The summed E-state index contributed by atoms with van der Waals surface area (Å²) in [5, 5.41) is 7.08. The number of nitrogens with one attached hydrogen (secondary N) is 2. The standard InChI is InChI=1S/C24H25N7O5/c1-13-2-3-14-4-7-20(33)30(22(14)27-13)9-8-25-15-5-6-16-17(10-15)36-24(34)31(16)23-26-11-18-21(29-23)28-19(32)12-35-18/h2-4,7,11,15-17,25H,5-6,8-10,12H2,1H3,(H,26,28,29,32)/t15-,16-,17+/m0/s1. The molecule has 0 bridgehead atoms. The number of carbonyl (C=O) groups excluding carboxylic acids is 2. The first-order valence-corrected chi connectivity index (χ1v) is 12.0. The van der Waals surface area contributed by atoms with Crippen molar-refractivity contribution in [3.8, 4) is 5.75 Å². The van der Waals surface area contributed by atoms with E-state index in [0.29, 0.717) is 37.3 Å². The van der Waals surface area contributed by atoms with Crippen molar-refractivity contribution >= 4 is 34.8 Å². The molecule has 1 saturated carbocycles. The Bertz CT molecular complexity index is 1420. The van der Waals surface area contributed by atoms with Crippen LogP contribution in [0.4, 0.5) is 16.6 Å². The molecule has 12 nitrogen and oxygen atoms in total. The first-order valence-electron chi connectivity index (χ1n) is 12.0. The lowest BCUT2D eigenvalue weighted by Gasteiger charge is -2.32. The van der Waals surface area contributed by atoms with Crippen molar-refractivity contribution in [2.75, 3.05) is 23.4 Å². The summed E-state index contributed by atoms with van der Waals surface area (Å²) in [6.07, 6.45) is 2.81. The molecule has 1 aliphatic carbocycles. The fourth-order valence-electron chi connectivity index (χ4n) is 5.11. The third kappa shape index (κ3) is 4.02. The molecular formula is C24H25N7O5. The summed E-state index contributed by atoms with van der Waals surface area (Å²) in [7, 11) is 0. The first-order chi connectivity index (χ1) is 17.5. The van der Waals surface area contributed by atoms with Crippen LogP contribution in [0.3, 0.4) is 0 Å². The van der Waals surface area contributed by atoms with Gasteiger partial charge in [0.1, 0.15) is 11.8 Å². The Kier molecular flexibility index (Phi) is 5.52. The Morgan fingerprint density at radius 2 is 2.00 bits per heavy atom. The Morgan fingerprint density at radius 3 is 2.89 bits per heavy atom. The van der Waals surface area contributed by atoms with Gasteiger partial charge in [0.05, 0.1) is 12.2 Å². The van der Waals surface area contributed by atoms with Gasteiger partial charge in [-0.25, -0.2) is 19.7 Å². The van der Waals surface area contributed by atoms with Crippen molar-refractivity contribution in [3.05, 3.63) is 46.5 Å². The number of aryl methyl sites for hydroxylation is 1. The van der Waals surface area contributed by atoms with Crippen LogP contribution in [-0.4, -0.2) is 62.9 Å². The highest BCUT2D eigenvalue weighted by Crippen LogP contribution is 2.36. The monoisotopic (exact) mass is 491 g/mol. The van der Waals surface area contributed by atoms with Crippen molar-refractivity contribution in [1.82, 2.24) is 24.8 Å². The van der Waals surface area contributed by atoms with Crippen LogP contribution in [-0.2, 0) is 16.1 Å². The smallest absolute Gasteiger partial charge is 0.417 e. The normalized spacial score (nSPS) is 23.0. The van der Waals surface area contributed by atoms with Crippen LogP contribution in [0, 0.1) is 6.92 Å². The van der Waals surface area contributed by atoms with Crippen molar-refractivity contribution in [1.29, 1.82) is 0 Å². The largest absolute Gasteiger partial charge is 0.478 e. The molecule has 186 valence electrons. The lowest BCUT2D eigenvalue weighted by atomic mass is 9.88. The van der Waals surface area contributed by atoms with E-state index in [-0.39, 0.29) is 48.0 Å². The molecule has 2 amide bonds. The van der Waals surface area contributed by atoms with E-state index in [1.165, 1.54) is 11.1 Å². The Balaban J connectivity index is 1.11. The molecule has 0 radical (unpaired) electrons. The van der Waals surface area contributed by atoms with E-state index in [9.17, 15) is 14.4 Å². The highest BCUT2D eigenvalue weighted by molar-refractivity contribution is 5.95. The summed E-state index contributed by atoms with van der Waals surface area (Å²) < 4.78 is 12.7. The van der Waals surface area contributed by atoms with Crippen LogP contribution < -0.4 is 25.8 Å². The summed E-state index contributed by atoms with van der Waals surface area (Å²) in [4.78, 5) is 51.4. The summed E-state index contributed by atoms with van der Waals surface area (Å²) in [6, 6.07) is 7.20. The second-order valence-corrected chi connectivity index (χ2v) is 9.23. The van der Waals surface area contributed by atoms with E-state index >= 15 is 0 Å². The van der Waals surface area contributed by atoms with E-state index < -0.39 is 6.09 Å². The average molecular weight is 492 g/mol. The average Bonchev–Trinajstić information content (AvgIpc) is 3.19. The summed E-state index contributed by atoms with van der Waals surface area (Å²) in [5.41, 5.74) is 1.46. The van der Waals surface area contributed by atoms with Crippen LogP contribution >= 0.6 is 0 Å². The van der Waals surface area contributed by atoms with Crippen LogP contribution in [0.5, 0.6) is 5.75 Å². The minimum atomic E-state index is -0.502. The maximum atomic E-state index is 12.7. The molecule has 0 unspecified atom stereocenters. The molecule has 12 heteroatoms. The molecule has 2 aliphatic heterocycles. The second-order valence-electron chi connectivity index (χ2n) is 9.23. The molecule has 1 saturated heterocycles. The first kappa shape index (κ1) is 22.4. The predicted molar refractivity (Wildman–Crippen MR) is 129 cm³/mol. The Hall–Kier alpha value is -4.06. The van der Waals surface area contributed by atoms with Crippen LogP contribution in [0.15, 0.2) is 35.3 Å². The lowest BCUT2D eigenvalue weighted by Crippen LogP contribution is -2.47. The number of anilines is 2. The number of hydrogen-bond donors (Lipinski definition) is 2. The van der Waals surface area contributed by atoms with Gasteiger partial charge in [0.25, 0.3) is 11.5 Å². The van der Waals surface area contributed by atoms with E-state index in [0.717, 1.165) is 17.5 Å². The quantitative estimate of drug-likeness (QED) is 0.541. The number of ether oxygens (including phenoxy) is 2. The maximum absolute atomic E-state index is 12.7. The number of amides is 2. The van der Waals surface area contributed by atoms with Gasteiger partial charge < -0.3 is 20.1 Å². The number of nitrogens with zero attached hydrogens (tertiary/aromatic N) is 5. The molecule has 3 aliphatic rings. The van der Waals surface area contributed by atoms with E-state index in [4.69, 9.17) is 9.47 Å². The number of fused-ring (bicyclic) bond motifs is 3. The van der Waals surface area contributed by atoms with Gasteiger partial charge >= 0.3 is 6.09 Å². The fourth-order valence-corrected chi connectivity index (χ4v) is 5.11. The molecule has 6 rings (SSSR count). The van der Waals surface area contributed by atoms with Gasteiger partial charge in [0, 0.05) is 42.7 Å². The molecule has 5 heterocycles. The molecule has 3 atom stereocenters. The molecule has 3 aromatic heterocycles. The predicted octanol–water partition coefficient (Wildman–Crippen LogP) is 1.36. The number of pyridine rings is 2. The van der Waals surface area contributed by atoms with E-state index in [1.807, 2.05) is 19.1 Å². The summed E-state index contributed by atoms with van der Waals surface area (Å²) in [5.74, 6) is 0.487. The minimum absolute atomic E-state index is 0.0851. The van der Waals surface area contributed by atoms with Crippen LogP contribution in [0.25, 0.3) is 11.0 Å². The zero-order valence-electron chi connectivity index (χ0n) is 19.6. The SMILES string of the molecule is Cc1ccc2ccc(=O)n(CCN[C@H]3CC[C@H]4[C@@H](C3)OC(=O)N4c3ncc4c(n3)NC(=O)CO4)c2n1. The molecule has 36 heavy (non-hydrogen) atoms. The van der Waals surface area contributed by atoms with E-state index in [2.05, 4.69) is 25.6 Å². The van der Waals surface area contributed by atoms with Crippen molar-refractivity contribution in [2.24, 2.45) is 0 Å². The zero-order chi connectivity index (χ0) is 24.8. The lowest BCUT2D eigenvalue weighted by molar-refractivity contribution is -0.118. The highest BCUT2D eigenvalue weighted by atomic mass is 16.6. The van der Waals surface area contributed by atoms with Gasteiger partial charge in [0.2, 0.25) is 5.95 Å². The van der Waals surface area contributed by atoms with Crippen molar-refractivity contribution in [3.63, 3.8) is 0 Å². The Morgan fingerprint density at radius 1 is 1.14 bits per heavy atom. The third-order valence-electron chi connectivity index (χ3n) is 6.85. The number of carbonyl (C=O) groups is 2. The van der Waals surface area contributed by atoms with Crippen molar-refractivity contribution in [2.45, 2.75) is 50.9 Å². The third-order valence-corrected chi connectivity index (χ3v) is 6.85. The maximum Gasteiger partial charge on any atom is 0.417 e. The van der Waals surface area contributed by atoms with Gasteiger partial charge in [-0.3, -0.25) is 14.2 Å². The zero-order valence-corrected chi connectivity index (χ0v) is 19.6. The minimum Gasteiger partial charge on any atom is -0.478 e. The molecule has 2 fully saturated rings. The topological polar surface area (TPSA) is 141 Å². The van der Waals surface area contributed by atoms with Gasteiger partial charge in [-0.2, -0.15) is 4.98 Å². The van der Waals surface area contributed by atoms with Crippen LogP contribution in [0.1, 0.15) is 25.0 Å². The van der Waals surface area contributed by atoms with Crippen molar-refractivity contribution < 1.29 is 19.1 Å². The summed E-state index contributed by atoms with van der Waals surface area (Å²) >= 11 is 0. The second kappa shape index (κ2) is 8.86.